The first-order valence-electron chi connectivity index (χ1n) is 5.29. The van der Waals surface area contributed by atoms with Gasteiger partial charge in [-0.1, -0.05) is 0 Å². The Bertz CT molecular complexity index is 423. The van der Waals surface area contributed by atoms with Gasteiger partial charge in [0.05, 0.1) is 17.8 Å². The van der Waals surface area contributed by atoms with E-state index >= 15 is 0 Å². The summed E-state index contributed by atoms with van der Waals surface area (Å²) < 4.78 is 23.9. The minimum atomic E-state index is -2.88. The van der Waals surface area contributed by atoms with Crippen LogP contribution in [0.5, 0.6) is 0 Å². The highest BCUT2D eigenvalue weighted by atomic mass is 32.2. The maximum Gasteiger partial charge on any atom is 0.148 e. The number of hydrogen-bond acceptors (Lipinski definition) is 4. The molecule has 0 saturated heterocycles. The Kier molecular flexibility index (Phi) is 4.49. The van der Waals surface area contributed by atoms with Gasteiger partial charge in [-0.25, -0.2) is 13.4 Å². The van der Waals surface area contributed by atoms with E-state index in [1.165, 1.54) is 6.26 Å². The van der Waals surface area contributed by atoms with Crippen LogP contribution in [0.15, 0.2) is 12.5 Å². The van der Waals surface area contributed by atoms with Crippen molar-refractivity contribution in [3.8, 4) is 0 Å². The number of nitrogens with one attached hydrogen (secondary N) is 1. The average molecular weight is 245 g/mol. The molecule has 5 nitrogen and oxygen atoms in total. The van der Waals surface area contributed by atoms with E-state index in [2.05, 4.69) is 28.7 Å². The van der Waals surface area contributed by atoms with Crippen LogP contribution >= 0.6 is 0 Å². The minimum Gasteiger partial charge on any atom is -0.331 e. The van der Waals surface area contributed by atoms with Crippen LogP contribution in [0.2, 0.25) is 0 Å². The average Bonchev–Trinajstić information content (AvgIpc) is 2.58. The second-order valence-electron chi connectivity index (χ2n) is 4.19. The SMILES string of the molecule is CC(C)n1cncc1CNCCS(C)(=O)=O. The fourth-order valence-electron chi connectivity index (χ4n) is 1.41. The van der Waals surface area contributed by atoms with E-state index in [1.807, 2.05) is 0 Å². The van der Waals surface area contributed by atoms with Crippen molar-refractivity contribution in [1.82, 2.24) is 14.9 Å². The smallest absolute Gasteiger partial charge is 0.148 e. The zero-order chi connectivity index (χ0) is 12.2. The van der Waals surface area contributed by atoms with Crippen molar-refractivity contribution in [2.75, 3.05) is 18.6 Å². The van der Waals surface area contributed by atoms with Crippen molar-refractivity contribution in [3.05, 3.63) is 18.2 Å². The molecule has 0 unspecified atom stereocenters. The number of imidazole rings is 1. The summed E-state index contributed by atoms with van der Waals surface area (Å²) in [5.41, 5.74) is 1.07. The van der Waals surface area contributed by atoms with Crippen LogP contribution in [0.4, 0.5) is 0 Å². The van der Waals surface area contributed by atoms with Gasteiger partial charge in [0.2, 0.25) is 0 Å². The van der Waals surface area contributed by atoms with Gasteiger partial charge in [0.25, 0.3) is 0 Å². The first-order valence-corrected chi connectivity index (χ1v) is 7.35. The normalized spacial score (nSPS) is 12.2. The summed E-state index contributed by atoms with van der Waals surface area (Å²) >= 11 is 0. The lowest BCUT2D eigenvalue weighted by Crippen LogP contribution is -2.23. The van der Waals surface area contributed by atoms with E-state index in [1.54, 1.807) is 12.5 Å². The molecule has 1 aromatic heterocycles. The quantitative estimate of drug-likeness (QED) is 0.745. The van der Waals surface area contributed by atoms with E-state index in [9.17, 15) is 8.42 Å². The molecule has 0 amide bonds. The van der Waals surface area contributed by atoms with Crippen molar-refractivity contribution >= 4 is 9.84 Å². The van der Waals surface area contributed by atoms with Crippen molar-refractivity contribution < 1.29 is 8.42 Å². The topological polar surface area (TPSA) is 64.0 Å². The summed E-state index contributed by atoms with van der Waals surface area (Å²) in [6.07, 6.45) is 4.83. The Morgan fingerprint density at radius 2 is 2.19 bits per heavy atom. The monoisotopic (exact) mass is 245 g/mol. The molecule has 1 heterocycles. The van der Waals surface area contributed by atoms with Gasteiger partial charge in [0.1, 0.15) is 9.84 Å². The van der Waals surface area contributed by atoms with Crippen molar-refractivity contribution in [2.24, 2.45) is 0 Å². The number of hydrogen-bond donors (Lipinski definition) is 1. The number of nitrogens with zero attached hydrogens (tertiary/aromatic N) is 2. The van der Waals surface area contributed by atoms with Crippen molar-refractivity contribution in [1.29, 1.82) is 0 Å². The largest absolute Gasteiger partial charge is 0.331 e. The molecule has 0 aliphatic carbocycles. The maximum absolute atomic E-state index is 10.9. The van der Waals surface area contributed by atoms with Gasteiger partial charge in [-0.15, -0.1) is 0 Å². The number of sulfone groups is 1. The van der Waals surface area contributed by atoms with E-state index in [4.69, 9.17) is 0 Å². The highest BCUT2D eigenvalue weighted by molar-refractivity contribution is 7.90. The predicted octanol–water partition coefficient (Wildman–Crippen LogP) is 0.598. The van der Waals surface area contributed by atoms with Crippen LogP contribution in [-0.4, -0.2) is 36.5 Å². The molecular formula is C10H19N3O2S. The molecule has 1 N–H and O–H groups in total. The Morgan fingerprint density at radius 3 is 2.75 bits per heavy atom. The van der Waals surface area contributed by atoms with E-state index in [0.717, 1.165) is 5.69 Å². The van der Waals surface area contributed by atoms with Crippen molar-refractivity contribution in [3.63, 3.8) is 0 Å². The number of rotatable bonds is 6. The molecule has 1 rings (SSSR count). The molecule has 0 bridgehead atoms. The van der Waals surface area contributed by atoms with Crippen molar-refractivity contribution in [2.45, 2.75) is 26.4 Å². The highest BCUT2D eigenvalue weighted by Gasteiger charge is 2.05. The zero-order valence-corrected chi connectivity index (χ0v) is 10.8. The molecule has 0 aromatic carbocycles. The molecule has 16 heavy (non-hydrogen) atoms. The predicted molar refractivity (Wildman–Crippen MR) is 64.0 cm³/mol. The van der Waals surface area contributed by atoms with Gasteiger partial charge in [0, 0.05) is 31.6 Å². The van der Waals surface area contributed by atoms with E-state index in [-0.39, 0.29) is 5.75 Å². The van der Waals surface area contributed by atoms with Crippen LogP contribution in [0.25, 0.3) is 0 Å². The van der Waals surface area contributed by atoms with Gasteiger partial charge >= 0.3 is 0 Å². The number of aromatic nitrogens is 2. The molecular weight excluding hydrogens is 226 g/mol. The summed E-state index contributed by atoms with van der Waals surface area (Å²) in [5, 5.41) is 3.10. The third-order valence-electron chi connectivity index (χ3n) is 2.26. The maximum atomic E-state index is 10.9. The van der Waals surface area contributed by atoms with Crippen LogP contribution < -0.4 is 5.32 Å². The molecule has 0 radical (unpaired) electrons. The van der Waals surface area contributed by atoms with Crippen LogP contribution in [0.3, 0.4) is 0 Å². The van der Waals surface area contributed by atoms with E-state index < -0.39 is 9.84 Å². The fourth-order valence-corrected chi connectivity index (χ4v) is 1.92. The molecule has 0 saturated carbocycles. The third-order valence-corrected chi connectivity index (χ3v) is 3.20. The Hall–Kier alpha value is -0.880. The second-order valence-corrected chi connectivity index (χ2v) is 6.45. The Morgan fingerprint density at radius 1 is 1.50 bits per heavy atom. The van der Waals surface area contributed by atoms with Crippen LogP contribution in [0.1, 0.15) is 25.6 Å². The second kappa shape index (κ2) is 5.45. The van der Waals surface area contributed by atoms with Gasteiger partial charge in [-0.3, -0.25) is 0 Å². The molecule has 0 atom stereocenters. The van der Waals surface area contributed by atoms with Crippen LogP contribution in [0, 0.1) is 0 Å². The first-order chi connectivity index (χ1) is 7.40. The molecule has 6 heteroatoms. The van der Waals surface area contributed by atoms with Crippen LogP contribution in [-0.2, 0) is 16.4 Å². The summed E-state index contributed by atoms with van der Waals surface area (Å²) in [5.74, 6) is 0.169. The summed E-state index contributed by atoms with van der Waals surface area (Å²) in [4.78, 5) is 4.08. The summed E-state index contributed by atoms with van der Waals surface area (Å²) in [6, 6.07) is 0.370. The van der Waals surface area contributed by atoms with Gasteiger partial charge < -0.3 is 9.88 Å². The fraction of sp³-hybridized carbons (Fsp3) is 0.700. The molecule has 0 spiro atoms. The summed E-state index contributed by atoms with van der Waals surface area (Å²) in [7, 11) is -2.88. The van der Waals surface area contributed by atoms with Gasteiger partial charge in [0.15, 0.2) is 0 Å². The first kappa shape index (κ1) is 13.2. The molecule has 0 aliphatic rings. The zero-order valence-electron chi connectivity index (χ0n) is 9.97. The van der Waals surface area contributed by atoms with Gasteiger partial charge in [-0.2, -0.15) is 0 Å². The lowest BCUT2D eigenvalue weighted by atomic mass is 10.3. The lowest BCUT2D eigenvalue weighted by molar-refractivity contribution is 0.553. The molecule has 0 aliphatic heterocycles. The van der Waals surface area contributed by atoms with E-state index in [0.29, 0.717) is 19.1 Å². The lowest BCUT2D eigenvalue weighted by Gasteiger charge is -2.11. The summed E-state index contributed by atoms with van der Waals surface area (Å²) in [6.45, 7) is 5.29. The Balaban J connectivity index is 2.40. The molecule has 0 fully saturated rings. The molecule has 1 aromatic rings. The minimum absolute atomic E-state index is 0.169. The molecule has 92 valence electrons. The Labute approximate surface area is 96.8 Å². The highest BCUT2D eigenvalue weighted by Crippen LogP contribution is 2.07. The standard InChI is InChI=1S/C10H19N3O2S/c1-9(2)13-8-12-7-10(13)6-11-4-5-16(3,14)15/h7-9,11H,4-6H2,1-3H3. The van der Waals surface area contributed by atoms with Gasteiger partial charge in [-0.05, 0) is 13.8 Å². The third kappa shape index (κ3) is 4.32.